The summed E-state index contributed by atoms with van der Waals surface area (Å²) in [5.74, 6) is 0.732. The van der Waals surface area contributed by atoms with E-state index < -0.39 is 9.84 Å². The van der Waals surface area contributed by atoms with E-state index in [0.29, 0.717) is 18.0 Å². The number of nitrogens with one attached hydrogen (secondary N) is 2. The van der Waals surface area contributed by atoms with Gasteiger partial charge in [0.1, 0.15) is 0 Å². The lowest BCUT2D eigenvalue weighted by Crippen LogP contribution is -2.36. The van der Waals surface area contributed by atoms with E-state index in [9.17, 15) is 8.42 Å². The van der Waals surface area contributed by atoms with Crippen molar-refractivity contribution < 1.29 is 8.42 Å². The minimum Gasteiger partial charge on any atom is -0.357 e. The monoisotopic (exact) mass is 487 g/mol. The molecule has 2 aromatic rings. The third-order valence-electron chi connectivity index (χ3n) is 3.70. The second-order valence-electron chi connectivity index (χ2n) is 5.95. The maximum Gasteiger partial charge on any atom is 0.191 e. The van der Waals surface area contributed by atoms with Crippen molar-refractivity contribution in [3.05, 3.63) is 65.2 Å². The van der Waals surface area contributed by atoms with Gasteiger partial charge in [-0.1, -0.05) is 42.0 Å². The van der Waals surface area contributed by atoms with Crippen LogP contribution in [-0.2, 0) is 22.9 Å². The molecule has 0 radical (unpaired) electrons. The van der Waals surface area contributed by atoms with E-state index in [4.69, 9.17) is 0 Å². The van der Waals surface area contributed by atoms with E-state index >= 15 is 0 Å². The second kappa shape index (κ2) is 10.5. The van der Waals surface area contributed by atoms with Gasteiger partial charge in [0.05, 0.1) is 11.4 Å². The van der Waals surface area contributed by atoms with Crippen LogP contribution in [0.25, 0.3) is 0 Å². The van der Waals surface area contributed by atoms with Gasteiger partial charge in [-0.25, -0.2) is 13.4 Å². The number of aryl methyl sites for hydroxylation is 1. The number of benzene rings is 2. The molecule has 0 aliphatic carbocycles. The highest BCUT2D eigenvalue weighted by molar-refractivity contribution is 14.0. The number of hydrogen-bond acceptors (Lipinski definition) is 3. The lowest BCUT2D eigenvalue weighted by molar-refractivity contribution is 0.602. The Hall–Kier alpha value is -1.61. The fourth-order valence-electron chi connectivity index (χ4n) is 2.25. The van der Waals surface area contributed by atoms with Crippen LogP contribution in [0.2, 0.25) is 0 Å². The Bertz CT molecular complexity index is 817. The Labute approximate surface area is 173 Å². The normalized spacial score (nSPS) is 11.6. The number of rotatable bonds is 6. The van der Waals surface area contributed by atoms with Crippen LogP contribution in [0.3, 0.4) is 0 Å². The van der Waals surface area contributed by atoms with E-state index in [1.54, 1.807) is 24.3 Å². The Morgan fingerprint density at radius 2 is 1.54 bits per heavy atom. The predicted molar refractivity (Wildman–Crippen MR) is 118 cm³/mol. The van der Waals surface area contributed by atoms with Crippen LogP contribution in [0.1, 0.15) is 23.6 Å². The SMILES string of the molecule is CCNC(=NCc1ccc(S(C)(=O)=O)cc1)NCc1ccc(C)cc1.I. The molecule has 2 rings (SSSR count). The fraction of sp³-hybridized carbons (Fsp3) is 0.316. The van der Waals surface area contributed by atoms with Crippen LogP contribution in [0.5, 0.6) is 0 Å². The summed E-state index contributed by atoms with van der Waals surface area (Å²) in [6.45, 7) is 6.03. The van der Waals surface area contributed by atoms with Crippen LogP contribution < -0.4 is 10.6 Å². The highest BCUT2D eigenvalue weighted by atomic mass is 127. The summed E-state index contributed by atoms with van der Waals surface area (Å²) in [6, 6.07) is 15.2. The minimum atomic E-state index is -3.16. The third kappa shape index (κ3) is 7.33. The highest BCUT2D eigenvalue weighted by Crippen LogP contribution is 2.11. The summed E-state index contributed by atoms with van der Waals surface area (Å²) < 4.78 is 23.0. The number of guanidine groups is 1. The summed E-state index contributed by atoms with van der Waals surface area (Å²) in [6.07, 6.45) is 1.21. The standard InChI is InChI=1S/C19H25N3O2S.HI/c1-4-20-19(21-13-16-7-5-15(2)6-8-16)22-14-17-9-11-18(12-10-17)25(3,23)24;/h5-12H,4,13-14H2,1-3H3,(H2,20,21,22);1H. The molecule has 2 N–H and O–H groups in total. The molecule has 0 aliphatic rings. The fourth-order valence-corrected chi connectivity index (χ4v) is 2.88. The lowest BCUT2D eigenvalue weighted by atomic mass is 10.1. The third-order valence-corrected chi connectivity index (χ3v) is 4.82. The Morgan fingerprint density at radius 3 is 2.08 bits per heavy atom. The molecule has 0 fully saturated rings. The molecule has 0 unspecified atom stereocenters. The first-order chi connectivity index (χ1) is 11.9. The minimum absolute atomic E-state index is 0. The smallest absolute Gasteiger partial charge is 0.191 e. The van der Waals surface area contributed by atoms with Gasteiger partial charge in [-0.3, -0.25) is 0 Å². The molecular formula is C19H26IN3O2S. The lowest BCUT2D eigenvalue weighted by Gasteiger charge is -2.11. The van der Waals surface area contributed by atoms with Gasteiger partial charge >= 0.3 is 0 Å². The zero-order chi connectivity index (χ0) is 18.3. The number of nitrogens with zero attached hydrogens (tertiary/aromatic N) is 1. The molecule has 0 aliphatic heterocycles. The Morgan fingerprint density at radius 1 is 0.962 bits per heavy atom. The Kier molecular flexibility index (Phi) is 9.07. The number of sulfone groups is 1. The van der Waals surface area contributed by atoms with Gasteiger partial charge in [0, 0.05) is 19.3 Å². The summed E-state index contributed by atoms with van der Waals surface area (Å²) in [5.41, 5.74) is 3.38. The largest absolute Gasteiger partial charge is 0.357 e. The maximum absolute atomic E-state index is 11.5. The molecule has 0 amide bonds. The van der Waals surface area contributed by atoms with Gasteiger partial charge in [0.15, 0.2) is 15.8 Å². The molecule has 0 atom stereocenters. The summed E-state index contributed by atoms with van der Waals surface area (Å²) >= 11 is 0. The van der Waals surface area contributed by atoms with E-state index in [2.05, 4.69) is 46.8 Å². The molecule has 5 nitrogen and oxygen atoms in total. The molecule has 2 aromatic carbocycles. The van der Waals surface area contributed by atoms with Crippen molar-refractivity contribution >= 4 is 39.8 Å². The summed E-state index contributed by atoms with van der Waals surface area (Å²) in [5, 5.41) is 6.52. The first-order valence-electron chi connectivity index (χ1n) is 8.25. The van der Waals surface area contributed by atoms with Crippen molar-refractivity contribution in [3.8, 4) is 0 Å². The molecule has 142 valence electrons. The second-order valence-corrected chi connectivity index (χ2v) is 7.97. The van der Waals surface area contributed by atoms with Gasteiger partial charge in [0.25, 0.3) is 0 Å². The average molecular weight is 487 g/mol. The first kappa shape index (κ1) is 22.4. The molecule has 0 spiro atoms. The summed E-state index contributed by atoms with van der Waals surface area (Å²) in [7, 11) is -3.16. The number of hydrogen-bond donors (Lipinski definition) is 2. The van der Waals surface area contributed by atoms with Crippen molar-refractivity contribution in [2.45, 2.75) is 31.8 Å². The zero-order valence-corrected chi connectivity index (χ0v) is 18.5. The Balaban J connectivity index is 0.00000338. The number of halogens is 1. The van der Waals surface area contributed by atoms with Crippen LogP contribution in [0.4, 0.5) is 0 Å². The van der Waals surface area contributed by atoms with Gasteiger partial charge in [0.2, 0.25) is 0 Å². The van der Waals surface area contributed by atoms with E-state index in [-0.39, 0.29) is 24.0 Å². The topological polar surface area (TPSA) is 70.6 Å². The van der Waals surface area contributed by atoms with Gasteiger partial charge in [-0.05, 0) is 37.1 Å². The predicted octanol–water partition coefficient (Wildman–Crippen LogP) is 3.27. The molecule has 7 heteroatoms. The highest BCUT2D eigenvalue weighted by Gasteiger charge is 2.06. The van der Waals surface area contributed by atoms with Crippen LogP contribution >= 0.6 is 24.0 Å². The number of aliphatic imine (C=N–C) groups is 1. The van der Waals surface area contributed by atoms with Gasteiger partial charge in [-0.15, -0.1) is 24.0 Å². The zero-order valence-electron chi connectivity index (χ0n) is 15.3. The van der Waals surface area contributed by atoms with Gasteiger partial charge < -0.3 is 10.6 Å². The maximum atomic E-state index is 11.5. The first-order valence-corrected chi connectivity index (χ1v) is 10.1. The van der Waals surface area contributed by atoms with Crippen LogP contribution in [-0.4, -0.2) is 27.2 Å². The quantitative estimate of drug-likeness (QED) is 0.373. The molecule has 0 aromatic heterocycles. The summed E-state index contributed by atoms with van der Waals surface area (Å²) in [4.78, 5) is 4.88. The van der Waals surface area contributed by atoms with E-state index in [1.165, 1.54) is 17.4 Å². The molecular weight excluding hydrogens is 461 g/mol. The van der Waals surface area contributed by atoms with Gasteiger partial charge in [-0.2, -0.15) is 0 Å². The van der Waals surface area contributed by atoms with Crippen molar-refractivity contribution in [1.82, 2.24) is 10.6 Å². The molecule has 0 heterocycles. The van der Waals surface area contributed by atoms with Crippen molar-refractivity contribution in [3.63, 3.8) is 0 Å². The van der Waals surface area contributed by atoms with Crippen molar-refractivity contribution in [1.29, 1.82) is 0 Å². The molecule has 0 bridgehead atoms. The average Bonchev–Trinajstić information content (AvgIpc) is 2.58. The molecule has 0 saturated carbocycles. The van der Waals surface area contributed by atoms with Crippen molar-refractivity contribution in [2.24, 2.45) is 4.99 Å². The van der Waals surface area contributed by atoms with Crippen LogP contribution in [0, 0.1) is 6.92 Å². The van der Waals surface area contributed by atoms with Crippen LogP contribution in [0.15, 0.2) is 58.4 Å². The molecule has 26 heavy (non-hydrogen) atoms. The van der Waals surface area contributed by atoms with Crippen molar-refractivity contribution in [2.75, 3.05) is 12.8 Å². The van der Waals surface area contributed by atoms with E-state index in [0.717, 1.165) is 18.1 Å². The van der Waals surface area contributed by atoms with E-state index in [1.807, 2.05) is 6.92 Å². The molecule has 0 saturated heterocycles.